The van der Waals surface area contributed by atoms with E-state index in [1.807, 2.05) is 24.3 Å². The van der Waals surface area contributed by atoms with Crippen LogP contribution in [-0.4, -0.2) is 18.7 Å². The maximum absolute atomic E-state index is 11.9. The third-order valence-corrected chi connectivity index (χ3v) is 2.78. The van der Waals surface area contributed by atoms with Gasteiger partial charge in [0.2, 0.25) is 0 Å². The lowest BCUT2D eigenvalue weighted by Gasteiger charge is -2.03. The lowest BCUT2D eigenvalue weighted by atomic mass is 10.2. The summed E-state index contributed by atoms with van der Waals surface area (Å²) in [6.07, 6.45) is 3.23. The number of benzene rings is 2. The molecule has 0 unspecified atom stereocenters. The number of carbonyl (C=O) groups excluding carboxylic acids is 1. The molecule has 0 saturated carbocycles. The molecule has 5 nitrogen and oxygen atoms in total. The summed E-state index contributed by atoms with van der Waals surface area (Å²) in [6.45, 7) is 4.03. The zero-order valence-corrected chi connectivity index (χ0v) is 12.0. The average Bonchev–Trinajstić information content (AvgIpc) is 2.54. The Labute approximate surface area is 129 Å². The van der Waals surface area contributed by atoms with Gasteiger partial charge in [0.25, 0.3) is 5.91 Å². The number of amides is 1. The van der Waals surface area contributed by atoms with Gasteiger partial charge in [-0.25, -0.2) is 5.43 Å². The van der Waals surface area contributed by atoms with Gasteiger partial charge in [-0.05, 0) is 42.0 Å². The Hall–Kier alpha value is -3.08. The Bertz CT molecular complexity index is 679. The van der Waals surface area contributed by atoms with Crippen LogP contribution in [0.4, 0.5) is 5.69 Å². The van der Waals surface area contributed by atoms with Crippen molar-refractivity contribution in [2.45, 2.75) is 0 Å². The maximum atomic E-state index is 11.9. The highest BCUT2D eigenvalue weighted by atomic mass is 16.5. The number of hydrogen-bond acceptors (Lipinski definition) is 4. The number of anilines is 1. The molecular formula is C17H17N3O2. The van der Waals surface area contributed by atoms with Gasteiger partial charge in [-0.3, -0.25) is 4.79 Å². The number of nitrogens with two attached hydrogens (primary N) is 1. The predicted octanol–water partition coefficient (Wildman–Crippen LogP) is 2.60. The molecule has 0 radical (unpaired) electrons. The standard InChI is InChI=1S/C17H17N3O2/c1-2-10-22-16-5-3-4-13(11-16)12-19-20-17(21)14-6-8-15(18)9-7-14/h2-9,11-12H,1,10,18H2,(H,20,21)/b19-12-. The highest BCUT2D eigenvalue weighted by Crippen LogP contribution is 2.12. The monoisotopic (exact) mass is 295 g/mol. The SMILES string of the molecule is C=CCOc1cccc(/C=N\NC(=O)c2ccc(N)cc2)c1. The summed E-state index contributed by atoms with van der Waals surface area (Å²) >= 11 is 0. The van der Waals surface area contributed by atoms with E-state index in [1.165, 1.54) is 0 Å². The Morgan fingerprint density at radius 1 is 1.27 bits per heavy atom. The molecule has 112 valence electrons. The number of nitrogens with zero attached hydrogens (tertiary/aromatic N) is 1. The third-order valence-electron chi connectivity index (χ3n) is 2.78. The molecular weight excluding hydrogens is 278 g/mol. The minimum absolute atomic E-state index is 0.296. The summed E-state index contributed by atoms with van der Waals surface area (Å²) in [4.78, 5) is 11.9. The molecule has 0 aromatic heterocycles. The zero-order chi connectivity index (χ0) is 15.8. The Balaban J connectivity index is 1.95. The van der Waals surface area contributed by atoms with Crippen molar-refractivity contribution in [2.75, 3.05) is 12.3 Å². The molecule has 0 aliphatic heterocycles. The molecule has 0 aliphatic rings. The van der Waals surface area contributed by atoms with Gasteiger partial charge in [-0.15, -0.1) is 0 Å². The van der Waals surface area contributed by atoms with Crippen LogP contribution in [0, 0.1) is 0 Å². The maximum Gasteiger partial charge on any atom is 0.271 e. The molecule has 2 rings (SSSR count). The van der Waals surface area contributed by atoms with Crippen molar-refractivity contribution >= 4 is 17.8 Å². The van der Waals surface area contributed by atoms with E-state index in [1.54, 1.807) is 36.6 Å². The first-order valence-electron chi connectivity index (χ1n) is 6.72. The number of nitrogens with one attached hydrogen (secondary N) is 1. The smallest absolute Gasteiger partial charge is 0.271 e. The number of nitrogen functional groups attached to an aromatic ring is 1. The van der Waals surface area contributed by atoms with E-state index < -0.39 is 0 Å². The number of carbonyl (C=O) groups is 1. The van der Waals surface area contributed by atoms with Gasteiger partial charge in [-0.1, -0.05) is 24.8 Å². The fourth-order valence-electron chi connectivity index (χ4n) is 1.70. The summed E-state index contributed by atoms with van der Waals surface area (Å²) in [5.41, 5.74) is 9.96. The van der Waals surface area contributed by atoms with Crippen molar-refractivity contribution in [2.24, 2.45) is 5.10 Å². The van der Waals surface area contributed by atoms with E-state index in [2.05, 4.69) is 17.1 Å². The van der Waals surface area contributed by atoms with Gasteiger partial charge < -0.3 is 10.5 Å². The first-order chi connectivity index (χ1) is 10.7. The fraction of sp³-hybridized carbons (Fsp3) is 0.0588. The molecule has 1 amide bonds. The third kappa shape index (κ3) is 4.49. The van der Waals surface area contributed by atoms with Crippen LogP contribution in [0.3, 0.4) is 0 Å². The predicted molar refractivity (Wildman–Crippen MR) is 88.0 cm³/mol. The van der Waals surface area contributed by atoms with Crippen molar-refractivity contribution in [3.63, 3.8) is 0 Å². The van der Waals surface area contributed by atoms with Crippen molar-refractivity contribution in [1.29, 1.82) is 0 Å². The lowest BCUT2D eigenvalue weighted by molar-refractivity contribution is 0.0955. The summed E-state index contributed by atoms with van der Waals surface area (Å²) in [6, 6.07) is 14.0. The number of hydrogen-bond donors (Lipinski definition) is 2. The Morgan fingerprint density at radius 3 is 2.77 bits per heavy atom. The van der Waals surface area contributed by atoms with E-state index in [-0.39, 0.29) is 5.91 Å². The first kappa shape index (κ1) is 15.3. The highest BCUT2D eigenvalue weighted by Gasteiger charge is 2.02. The summed E-state index contributed by atoms with van der Waals surface area (Å²) in [5, 5.41) is 3.93. The van der Waals surface area contributed by atoms with Gasteiger partial charge in [-0.2, -0.15) is 5.10 Å². The second-order valence-corrected chi connectivity index (χ2v) is 4.49. The average molecular weight is 295 g/mol. The quantitative estimate of drug-likeness (QED) is 0.372. The lowest BCUT2D eigenvalue weighted by Crippen LogP contribution is -2.17. The summed E-state index contributed by atoms with van der Waals surface area (Å²) in [5.74, 6) is 0.420. The Kier molecular flexibility index (Phi) is 5.31. The summed E-state index contributed by atoms with van der Waals surface area (Å²) in [7, 11) is 0. The second-order valence-electron chi connectivity index (χ2n) is 4.49. The molecule has 2 aromatic carbocycles. The van der Waals surface area contributed by atoms with Gasteiger partial charge in [0, 0.05) is 11.3 Å². The van der Waals surface area contributed by atoms with E-state index in [0.29, 0.717) is 23.6 Å². The topological polar surface area (TPSA) is 76.7 Å². The molecule has 3 N–H and O–H groups in total. The van der Waals surface area contributed by atoms with Gasteiger partial charge in [0.05, 0.1) is 6.21 Å². The normalized spacial score (nSPS) is 10.4. The van der Waals surface area contributed by atoms with E-state index in [4.69, 9.17) is 10.5 Å². The minimum Gasteiger partial charge on any atom is -0.490 e. The van der Waals surface area contributed by atoms with Crippen LogP contribution >= 0.6 is 0 Å². The number of ether oxygens (including phenoxy) is 1. The molecule has 22 heavy (non-hydrogen) atoms. The van der Waals surface area contributed by atoms with E-state index in [0.717, 1.165) is 5.56 Å². The van der Waals surface area contributed by atoms with Crippen LogP contribution in [0.5, 0.6) is 5.75 Å². The minimum atomic E-state index is -0.296. The molecule has 2 aromatic rings. The first-order valence-corrected chi connectivity index (χ1v) is 6.72. The molecule has 0 heterocycles. The van der Waals surface area contributed by atoms with Crippen molar-refractivity contribution < 1.29 is 9.53 Å². The fourth-order valence-corrected chi connectivity index (χ4v) is 1.70. The molecule has 5 heteroatoms. The summed E-state index contributed by atoms with van der Waals surface area (Å²) < 4.78 is 5.42. The van der Waals surface area contributed by atoms with E-state index >= 15 is 0 Å². The van der Waals surface area contributed by atoms with Crippen molar-refractivity contribution in [3.05, 3.63) is 72.3 Å². The molecule has 0 atom stereocenters. The molecule has 0 spiro atoms. The zero-order valence-electron chi connectivity index (χ0n) is 12.0. The molecule has 0 aliphatic carbocycles. The molecule has 0 saturated heterocycles. The van der Waals surface area contributed by atoms with Crippen LogP contribution < -0.4 is 15.9 Å². The van der Waals surface area contributed by atoms with Gasteiger partial charge in [0.15, 0.2) is 0 Å². The highest BCUT2D eigenvalue weighted by molar-refractivity contribution is 5.95. The van der Waals surface area contributed by atoms with Crippen LogP contribution in [0.1, 0.15) is 15.9 Å². The van der Waals surface area contributed by atoms with Crippen LogP contribution in [-0.2, 0) is 0 Å². The molecule has 0 fully saturated rings. The van der Waals surface area contributed by atoms with Crippen molar-refractivity contribution in [3.8, 4) is 5.75 Å². The number of rotatable bonds is 6. The largest absolute Gasteiger partial charge is 0.490 e. The van der Waals surface area contributed by atoms with Crippen LogP contribution in [0.15, 0.2) is 66.3 Å². The second kappa shape index (κ2) is 7.64. The van der Waals surface area contributed by atoms with Gasteiger partial charge in [0.1, 0.15) is 12.4 Å². The molecule has 0 bridgehead atoms. The van der Waals surface area contributed by atoms with Crippen LogP contribution in [0.2, 0.25) is 0 Å². The van der Waals surface area contributed by atoms with Gasteiger partial charge >= 0.3 is 0 Å². The van der Waals surface area contributed by atoms with Crippen molar-refractivity contribution in [1.82, 2.24) is 5.43 Å². The number of hydrazone groups is 1. The van der Waals surface area contributed by atoms with E-state index in [9.17, 15) is 4.79 Å². The van der Waals surface area contributed by atoms with Crippen LogP contribution in [0.25, 0.3) is 0 Å². The Morgan fingerprint density at radius 2 is 2.05 bits per heavy atom.